The van der Waals surface area contributed by atoms with Gasteiger partial charge in [0, 0.05) is 46.6 Å². The Kier molecular flexibility index (Phi) is 6.12. The van der Waals surface area contributed by atoms with Crippen molar-refractivity contribution in [2.45, 2.75) is 19.3 Å². The average Bonchev–Trinajstić information content (AvgIpc) is 2.39. The summed E-state index contributed by atoms with van der Waals surface area (Å²) in [4.78, 5) is 2.09. The maximum Gasteiger partial charge on any atom is 0.169 e. The number of benzene rings is 1. The summed E-state index contributed by atoms with van der Waals surface area (Å²) in [6.07, 6.45) is -0.200. The first-order chi connectivity index (χ1) is 8.58. The number of nitrogens with zero attached hydrogens (tertiary/aromatic N) is 1. The third-order valence-corrected chi connectivity index (χ3v) is 3.03. The molecule has 1 atom stereocenters. The summed E-state index contributed by atoms with van der Waals surface area (Å²) in [7, 11) is 7.37. The zero-order valence-electron chi connectivity index (χ0n) is 11.9. The van der Waals surface area contributed by atoms with E-state index in [9.17, 15) is 0 Å². The van der Waals surface area contributed by atoms with E-state index in [4.69, 9.17) is 9.47 Å². The summed E-state index contributed by atoms with van der Waals surface area (Å²) in [5.41, 5.74) is 2.46. The number of hydrogen-bond acceptors (Lipinski definition) is 4. The summed E-state index contributed by atoms with van der Waals surface area (Å²) < 4.78 is 10.3. The maximum atomic E-state index is 5.14. The highest BCUT2D eigenvalue weighted by Crippen LogP contribution is 2.17. The molecule has 0 aliphatic rings. The molecular weight excluding hydrogens is 228 g/mol. The highest BCUT2D eigenvalue weighted by Gasteiger charge is 2.09. The van der Waals surface area contributed by atoms with E-state index in [0.29, 0.717) is 6.54 Å². The van der Waals surface area contributed by atoms with Gasteiger partial charge in [-0.3, -0.25) is 0 Å². The predicted molar refractivity (Wildman–Crippen MR) is 75.0 cm³/mol. The molecular formula is C14H24N2O2. The van der Waals surface area contributed by atoms with Crippen LogP contribution >= 0.6 is 0 Å². The third kappa shape index (κ3) is 4.29. The Balaban J connectivity index is 2.53. The molecule has 18 heavy (non-hydrogen) atoms. The van der Waals surface area contributed by atoms with Crippen molar-refractivity contribution in [3.8, 4) is 0 Å². The second kappa shape index (κ2) is 7.36. The van der Waals surface area contributed by atoms with Crippen LogP contribution in [0.15, 0.2) is 24.3 Å². The summed E-state index contributed by atoms with van der Waals surface area (Å²) in [6.45, 7) is 2.80. The van der Waals surface area contributed by atoms with E-state index in [2.05, 4.69) is 41.4 Å². The summed E-state index contributed by atoms with van der Waals surface area (Å²) in [5, 5.41) is 3.39. The predicted octanol–water partition coefficient (Wildman–Crippen LogP) is 2.02. The molecule has 0 amide bonds. The molecule has 4 heteroatoms. The molecule has 1 unspecified atom stereocenters. The molecule has 0 saturated carbocycles. The van der Waals surface area contributed by atoms with Gasteiger partial charge in [-0.2, -0.15) is 0 Å². The molecule has 4 nitrogen and oxygen atoms in total. The fourth-order valence-electron chi connectivity index (χ4n) is 1.71. The smallest absolute Gasteiger partial charge is 0.169 e. The molecule has 0 spiro atoms. The van der Waals surface area contributed by atoms with Crippen molar-refractivity contribution in [2.24, 2.45) is 0 Å². The van der Waals surface area contributed by atoms with Crippen molar-refractivity contribution < 1.29 is 9.47 Å². The SMILES string of the molecule is COC(CNC(C)c1ccc(N(C)C)cc1)OC. The Morgan fingerprint density at radius 1 is 1.11 bits per heavy atom. The molecule has 0 bridgehead atoms. The number of hydrogen-bond donors (Lipinski definition) is 1. The molecule has 1 aromatic carbocycles. The first kappa shape index (κ1) is 15.0. The standard InChI is InChI=1S/C14H24N2O2/c1-11(15-10-14(17-4)18-5)12-6-8-13(9-7-12)16(2)3/h6-9,11,14-15H,10H2,1-5H3. The van der Waals surface area contributed by atoms with E-state index in [-0.39, 0.29) is 12.3 Å². The minimum absolute atomic E-state index is 0.200. The van der Waals surface area contributed by atoms with Gasteiger partial charge in [0.25, 0.3) is 0 Å². The average molecular weight is 252 g/mol. The Morgan fingerprint density at radius 2 is 1.67 bits per heavy atom. The van der Waals surface area contributed by atoms with Crippen LogP contribution in [0.1, 0.15) is 18.5 Å². The Bertz CT molecular complexity index is 334. The number of rotatable bonds is 7. The molecule has 0 aliphatic carbocycles. The van der Waals surface area contributed by atoms with Crippen LogP contribution in [-0.2, 0) is 9.47 Å². The van der Waals surface area contributed by atoms with Gasteiger partial charge in [0.15, 0.2) is 6.29 Å². The molecule has 0 fully saturated rings. The molecule has 0 aliphatic heterocycles. The molecule has 1 rings (SSSR count). The van der Waals surface area contributed by atoms with Gasteiger partial charge < -0.3 is 19.7 Å². The van der Waals surface area contributed by atoms with Gasteiger partial charge in [0.1, 0.15) is 0 Å². The quantitative estimate of drug-likeness (QED) is 0.753. The van der Waals surface area contributed by atoms with Gasteiger partial charge in [0.05, 0.1) is 0 Å². The van der Waals surface area contributed by atoms with Crippen molar-refractivity contribution in [2.75, 3.05) is 39.8 Å². The van der Waals surface area contributed by atoms with Gasteiger partial charge in [-0.15, -0.1) is 0 Å². The van der Waals surface area contributed by atoms with Crippen molar-refractivity contribution in [3.05, 3.63) is 29.8 Å². The Labute approximate surface area is 110 Å². The van der Waals surface area contributed by atoms with Crippen LogP contribution in [-0.4, -0.2) is 41.1 Å². The lowest BCUT2D eigenvalue weighted by atomic mass is 10.1. The van der Waals surface area contributed by atoms with Gasteiger partial charge in [-0.25, -0.2) is 0 Å². The number of nitrogens with one attached hydrogen (secondary N) is 1. The van der Waals surface area contributed by atoms with Crippen LogP contribution < -0.4 is 10.2 Å². The van der Waals surface area contributed by atoms with Crippen LogP contribution in [0.2, 0.25) is 0 Å². The van der Waals surface area contributed by atoms with E-state index in [1.807, 2.05) is 14.1 Å². The lowest BCUT2D eigenvalue weighted by Crippen LogP contribution is -2.31. The van der Waals surface area contributed by atoms with E-state index < -0.39 is 0 Å². The lowest BCUT2D eigenvalue weighted by Gasteiger charge is -2.20. The second-order valence-electron chi connectivity index (χ2n) is 4.52. The number of methoxy groups -OCH3 is 2. The Morgan fingerprint density at radius 3 is 2.11 bits per heavy atom. The molecule has 1 aromatic rings. The molecule has 0 saturated heterocycles. The van der Waals surface area contributed by atoms with Crippen LogP contribution in [0.4, 0.5) is 5.69 Å². The third-order valence-electron chi connectivity index (χ3n) is 3.03. The van der Waals surface area contributed by atoms with Crippen LogP contribution in [0.3, 0.4) is 0 Å². The highest BCUT2D eigenvalue weighted by atomic mass is 16.7. The van der Waals surface area contributed by atoms with Crippen LogP contribution in [0.5, 0.6) is 0 Å². The molecule has 1 N–H and O–H groups in total. The minimum atomic E-state index is -0.200. The minimum Gasteiger partial charge on any atom is -0.378 e. The van der Waals surface area contributed by atoms with Crippen LogP contribution in [0.25, 0.3) is 0 Å². The molecule has 0 aromatic heterocycles. The van der Waals surface area contributed by atoms with E-state index >= 15 is 0 Å². The monoisotopic (exact) mass is 252 g/mol. The number of anilines is 1. The summed E-state index contributed by atoms with van der Waals surface area (Å²) in [6, 6.07) is 8.80. The Hall–Kier alpha value is -1.10. The lowest BCUT2D eigenvalue weighted by molar-refractivity contribution is -0.0997. The summed E-state index contributed by atoms with van der Waals surface area (Å²) >= 11 is 0. The first-order valence-electron chi connectivity index (χ1n) is 6.14. The van der Waals surface area contributed by atoms with E-state index in [1.165, 1.54) is 11.3 Å². The van der Waals surface area contributed by atoms with Gasteiger partial charge >= 0.3 is 0 Å². The number of ether oxygens (including phenoxy) is 2. The van der Waals surface area contributed by atoms with Crippen molar-refractivity contribution in [3.63, 3.8) is 0 Å². The summed E-state index contributed by atoms with van der Waals surface area (Å²) in [5.74, 6) is 0. The first-order valence-corrected chi connectivity index (χ1v) is 6.14. The normalized spacial score (nSPS) is 12.8. The van der Waals surface area contributed by atoms with Gasteiger partial charge in [0.2, 0.25) is 0 Å². The van der Waals surface area contributed by atoms with Crippen molar-refractivity contribution in [1.82, 2.24) is 5.32 Å². The van der Waals surface area contributed by atoms with Crippen LogP contribution in [0, 0.1) is 0 Å². The zero-order valence-corrected chi connectivity index (χ0v) is 11.9. The van der Waals surface area contributed by atoms with E-state index in [1.54, 1.807) is 14.2 Å². The molecule has 0 heterocycles. The van der Waals surface area contributed by atoms with Gasteiger partial charge in [-0.05, 0) is 24.6 Å². The molecule has 0 radical (unpaired) electrons. The van der Waals surface area contributed by atoms with Gasteiger partial charge in [-0.1, -0.05) is 12.1 Å². The topological polar surface area (TPSA) is 33.7 Å². The fraction of sp³-hybridized carbons (Fsp3) is 0.571. The second-order valence-corrected chi connectivity index (χ2v) is 4.52. The maximum absolute atomic E-state index is 5.14. The fourth-order valence-corrected chi connectivity index (χ4v) is 1.71. The largest absolute Gasteiger partial charge is 0.378 e. The van der Waals surface area contributed by atoms with Crippen molar-refractivity contribution in [1.29, 1.82) is 0 Å². The highest BCUT2D eigenvalue weighted by molar-refractivity contribution is 5.46. The zero-order chi connectivity index (χ0) is 13.5. The van der Waals surface area contributed by atoms with Crippen molar-refractivity contribution >= 4 is 5.69 Å². The molecule has 102 valence electrons. The van der Waals surface area contributed by atoms with E-state index in [0.717, 1.165) is 0 Å².